The highest BCUT2D eigenvalue weighted by molar-refractivity contribution is 5.76. The molecule has 3 heterocycles. The van der Waals surface area contributed by atoms with Crippen LogP contribution in [-0.4, -0.2) is 62.1 Å². The van der Waals surface area contributed by atoms with Crippen molar-refractivity contribution in [3.05, 3.63) is 5.82 Å². The molecule has 0 unspecified atom stereocenters. The summed E-state index contributed by atoms with van der Waals surface area (Å²) in [5.41, 5.74) is 0. The van der Waals surface area contributed by atoms with Crippen LogP contribution in [0.1, 0.15) is 44.3 Å². The maximum Gasteiger partial charge on any atom is 0.222 e. The van der Waals surface area contributed by atoms with Crippen LogP contribution in [0.5, 0.6) is 0 Å². The molecule has 2 fully saturated rings. The zero-order chi connectivity index (χ0) is 15.4. The van der Waals surface area contributed by atoms with E-state index in [1.165, 1.54) is 12.8 Å². The van der Waals surface area contributed by atoms with Crippen LogP contribution in [0.3, 0.4) is 0 Å². The molecule has 0 bridgehead atoms. The Morgan fingerprint density at radius 3 is 2.68 bits per heavy atom. The molecule has 0 radical (unpaired) electrons. The third kappa shape index (κ3) is 3.82. The SMILES string of the molecule is Cn1nnnc1CN1CCC[C@H](CC(=O)N2CCCC2)CC1. The summed E-state index contributed by atoms with van der Waals surface area (Å²) in [7, 11) is 1.88. The standard InChI is InChI=1S/C15H26N6O/c1-19-14(16-17-18-19)12-20-7-4-5-13(6-10-20)11-15(22)21-8-2-3-9-21/h13H,2-12H2,1H3/t13-/m0/s1. The van der Waals surface area contributed by atoms with Crippen LogP contribution < -0.4 is 0 Å². The van der Waals surface area contributed by atoms with E-state index in [1.54, 1.807) is 4.68 Å². The molecule has 1 aromatic rings. The Morgan fingerprint density at radius 1 is 1.14 bits per heavy atom. The number of aryl methyl sites for hydroxylation is 1. The molecule has 3 rings (SSSR count). The summed E-state index contributed by atoms with van der Waals surface area (Å²) in [5, 5.41) is 11.6. The lowest BCUT2D eigenvalue weighted by Gasteiger charge is -2.20. The third-order valence-corrected chi connectivity index (χ3v) is 4.94. The van der Waals surface area contributed by atoms with Crippen LogP contribution in [-0.2, 0) is 18.4 Å². The van der Waals surface area contributed by atoms with Gasteiger partial charge < -0.3 is 4.90 Å². The highest BCUT2D eigenvalue weighted by atomic mass is 16.2. The Balaban J connectivity index is 1.47. The van der Waals surface area contributed by atoms with Crippen LogP contribution in [0.4, 0.5) is 0 Å². The molecule has 2 aliphatic rings. The molecule has 1 aromatic heterocycles. The predicted octanol–water partition coefficient (Wildman–Crippen LogP) is 0.825. The first-order valence-corrected chi connectivity index (χ1v) is 8.44. The van der Waals surface area contributed by atoms with Crippen molar-refractivity contribution in [3.8, 4) is 0 Å². The van der Waals surface area contributed by atoms with E-state index in [4.69, 9.17) is 0 Å². The van der Waals surface area contributed by atoms with E-state index in [1.807, 2.05) is 11.9 Å². The Bertz CT molecular complexity index is 496. The smallest absolute Gasteiger partial charge is 0.222 e. The molecule has 0 aromatic carbocycles. The van der Waals surface area contributed by atoms with Crippen LogP contribution >= 0.6 is 0 Å². The van der Waals surface area contributed by atoms with E-state index in [2.05, 4.69) is 20.4 Å². The molecule has 22 heavy (non-hydrogen) atoms. The van der Waals surface area contributed by atoms with E-state index < -0.39 is 0 Å². The van der Waals surface area contributed by atoms with Crippen molar-refractivity contribution in [2.45, 2.75) is 45.1 Å². The van der Waals surface area contributed by atoms with Crippen molar-refractivity contribution in [1.29, 1.82) is 0 Å². The van der Waals surface area contributed by atoms with E-state index in [9.17, 15) is 4.79 Å². The minimum absolute atomic E-state index is 0.369. The molecule has 0 aliphatic carbocycles. The van der Waals surface area contributed by atoms with Gasteiger partial charge in [-0.05, 0) is 61.5 Å². The number of aromatic nitrogens is 4. The maximum absolute atomic E-state index is 12.3. The number of carbonyl (C=O) groups is 1. The quantitative estimate of drug-likeness (QED) is 0.824. The number of nitrogens with zero attached hydrogens (tertiary/aromatic N) is 6. The summed E-state index contributed by atoms with van der Waals surface area (Å²) in [4.78, 5) is 16.7. The van der Waals surface area contributed by atoms with Gasteiger partial charge in [0.05, 0.1) is 6.54 Å². The monoisotopic (exact) mass is 306 g/mol. The average Bonchev–Trinajstić information content (AvgIpc) is 3.11. The van der Waals surface area contributed by atoms with Gasteiger partial charge in [0.25, 0.3) is 0 Å². The predicted molar refractivity (Wildman–Crippen MR) is 81.8 cm³/mol. The van der Waals surface area contributed by atoms with Gasteiger partial charge in [0, 0.05) is 26.6 Å². The molecule has 1 amide bonds. The van der Waals surface area contributed by atoms with Gasteiger partial charge in [0.1, 0.15) is 0 Å². The van der Waals surface area contributed by atoms with Crippen LogP contribution in [0.2, 0.25) is 0 Å². The molecule has 0 saturated carbocycles. The lowest BCUT2D eigenvalue weighted by atomic mass is 9.96. The second-order valence-electron chi connectivity index (χ2n) is 6.58. The van der Waals surface area contributed by atoms with Gasteiger partial charge in [-0.25, -0.2) is 4.68 Å². The van der Waals surface area contributed by atoms with Crippen molar-refractivity contribution in [2.24, 2.45) is 13.0 Å². The zero-order valence-electron chi connectivity index (χ0n) is 13.4. The average molecular weight is 306 g/mol. The fraction of sp³-hybridized carbons (Fsp3) is 0.867. The van der Waals surface area contributed by atoms with Gasteiger partial charge >= 0.3 is 0 Å². The summed E-state index contributed by atoms with van der Waals surface area (Å²) in [6, 6.07) is 0. The topological polar surface area (TPSA) is 67.2 Å². The van der Waals surface area contributed by atoms with Gasteiger partial charge in [-0.1, -0.05) is 0 Å². The number of tetrazole rings is 1. The number of likely N-dealkylation sites (tertiary alicyclic amines) is 2. The van der Waals surface area contributed by atoms with E-state index >= 15 is 0 Å². The lowest BCUT2D eigenvalue weighted by Crippen LogP contribution is -2.30. The zero-order valence-corrected chi connectivity index (χ0v) is 13.4. The number of hydrogen-bond acceptors (Lipinski definition) is 5. The molecular weight excluding hydrogens is 280 g/mol. The van der Waals surface area contributed by atoms with Crippen LogP contribution in [0, 0.1) is 5.92 Å². The van der Waals surface area contributed by atoms with Gasteiger partial charge in [-0.15, -0.1) is 5.10 Å². The Labute approximate surface area is 131 Å². The molecule has 2 saturated heterocycles. The van der Waals surface area contributed by atoms with E-state index in [0.29, 0.717) is 11.8 Å². The van der Waals surface area contributed by atoms with E-state index in [-0.39, 0.29) is 0 Å². The summed E-state index contributed by atoms with van der Waals surface area (Å²) in [5.74, 6) is 1.82. The maximum atomic E-state index is 12.3. The first-order chi connectivity index (χ1) is 10.7. The van der Waals surface area contributed by atoms with Crippen LogP contribution in [0.15, 0.2) is 0 Å². The second-order valence-corrected chi connectivity index (χ2v) is 6.58. The summed E-state index contributed by atoms with van der Waals surface area (Å²) >= 11 is 0. The van der Waals surface area contributed by atoms with Crippen molar-refractivity contribution >= 4 is 5.91 Å². The molecule has 0 spiro atoms. The summed E-state index contributed by atoms with van der Waals surface area (Å²) < 4.78 is 1.74. The largest absolute Gasteiger partial charge is 0.343 e. The first-order valence-electron chi connectivity index (χ1n) is 8.44. The Hall–Kier alpha value is -1.50. The van der Waals surface area contributed by atoms with Gasteiger partial charge in [0.15, 0.2) is 5.82 Å². The van der Waals surface area contributed by atoms with Gasteiger partial charge in [-0.3, -0.25) is 9.69 Å². The summed E-state index contributed by atoms with van der Waals surface area (Å²) in [6.45, 7) is 4.84. The van der Waals surface area contributed by atoms with Crippen LogP contribution in [0.25, 0.3) is 0 Å². The van der Waals surface area contributed by atoms with E-state index in [0.717, 1.165) is 64.2 Å². The minimum Gasteiger partial charge on any atom is -0.343 e. The van der Waals surface area contributed by atoms with Crippen molar-refractivity contribution in [1.82, 2.24) is 30.0 Å². The molecule has 0 N–H and O–H groups in total. The molecule has 2 aliphatic heterocycles. The van der Waals surface area contributed by atoms with Gasteiger partial charge in [-0.2, -0.15) is 0 Å². The fourth-order valence-corrected chi connectivity index (χ4v) is 3.51. The van der Waals surface area contributed by atoms with Gasteiger partial charge in [0.2, 0.25) is 5.91 Å². The molecule has 1 atom stereocenters. The fourth-order valence-electron chi connectivity index (χ4n) is 3.51. The minimum atomic E-state index is 0.369. The third-order valence-electron chi connectivity index (χ3n) is 4.94. The van der Waals surface area contributed by atoms with Crippen molar-refractivity contribution in [2.75, 3.05) is 26.2 Å². The van der Waals surface area contributed by atoms with Crippen molar-refractivity contribution < 1.29 is 4.79 Å². The second kappa shape index (κ2) is 7.17. The number of amides is 1. The number of hydrogen-bond donors (Lipinski definition) is 0. The molecular formula is C15H26N6O. The molecule has 122 valence electrons. The highest BCUT2D eigenvalue weighted by Crippen LogP contribution is 2.23. The normalized spacial score (nSPS) is 23.7. The molecule has 7 nitrogen and oxygen atoms in total. The first kappa shape index (κ1) is 15.4. The Morgan fingerprint density at radius 2 is 1.95 bits per heavy atom. The van der Waals surface area contributed by atoms with Crippen molar-refractivity contribution in [3.63, 3.8) is 0 Å². The highest BCUT2D eigenvalue weighted by Gasteiger charge is 2.24. The summed E-state index contributed by atoms with van der Waals surface area (Å²) in [6.07, 6.45) is 6.51. The number of carbonyl (C=O) groups excluding carboxylic acids is 1. The lowest BCUT2D eigenvalue weighted by molar-refractivity contribution is -0.131. The Kier molecular flexibility index (Phi) is 5.02. The molecule has 7 heteroatoms. The number of rotatable bonds is 4.